The van der Waals surface area contributed by atoms with Gasteiger partial charge in [-0.3, -0.25) is 4.39 Å². The molecule has 0 atom stereocenters. The van der Waals surface area contributed by atoms with E-state index in [4.69, 9.17) is 6.42 Å². The maximum absolute atomic E-state index is 12.6. The van der Waals surface area contributed by atoms with Crippen molar-refractivity contribution in [3.63, 3.8) is 0 Å². The molecule has 15 heavy (non-hydrogen) atoms. The lowest BCUT2D eigenvalue weighted by Gasteiger charge is -2.13. The topological polar surface area (TPSA) is 0 Å². The van der Waals surface area contributed by atoms with Crippen molar-refractivity contribution >= 4 is 0 Å². The van der Waals surface area contributed by atoms with Crippen LogP contribution in [-0.4, -0.2) is 6.67 Å². The van der Waals surface area contributed by atoms with E-state index in [9.17, 15) is 4.39 Å². The van der Waals surface area contributed by atoms with E-state index in [1.807, 2.05) is 18.2 Å². The highest BCUT2D eigenvalue weighted by atomic mass is 19.1. The molecule has 0 aliphatic rings. The van der Waals surface area contributed by atoms with E-state index in [1.54, 1.807) is 6.92 Å². The number of rotatable bonds is 4. The Bertz CT molecular complexity index is 360. The lowest BCUT2D eigenvalue weighted by atomic mass is 9.92. The first-order valence-corrected chi connectivity index (χ1v) is 5.21. The summed E-state index contributed by atoms with van der Waals surface area (Å²) in [6.07, 6.45) is 7.49. The quantitative estimate of drug-likeness (QED) is 0.657. The van der Waals surface area contributed by atoms with Crippen molar-refractivity contribution in [1.82, 2.24) is 0 Å². The fourth-order valence-corrected chi connectivity index (χ4v) is 1.68. The van der Waals surface area contributed by atoms with Gasteiger partial charge in [-0.15, -0.1) is 6.42 Å². The van der Waals surface area contributed by atoms with Gasteiger partial charge in [0.05, 0.1) is 6.67 Å². The van der Waals surface area contributed by atoms with Gasteiger partial charge in [-0.2, -0.15) is 0 Å². The summed E-state index contributed by atoms with van der Waals surface area (Å²) in [4.78, 5) is 0. The standard InChI is InChI=1S/C14H16F/c1-4-7-12-8-6-9-14(11(3)10-15)13(12)5-2/h2,6,8-9H,4,7,10H2,1,3H3. The van der Waals surface area contributed by atoms with Gasteiger partial charge in [0, 0.05) is 11.5 Å². The molecule has 0 N–H and O–H groups in total. The van der Waals surface area contributed by atoms with E-state index in [2.05, 4.69) is 12.8 Å². The van der Waals surface area contributed by atoms with Crippen LogP contribution in [0.5, 0.6) is 0 Å². The Morgan fingerprint density at radius 2 is 2.20 bits per heavy atom. The van der Waals surface area contributed by atoms with Crippen LogP contribution in [0.25, 0.3) is 0 Å². The van der Waals surface area contributed by atoms with Crippen LogP contribution < -0.4 is 0 Å². The first-order chi connectivity index (χ1) is 7.24. The molecule has 0 saturated heterocycles. The maximum Gasteiger partial charge on any atom is 0.0998 e. The molecule has 0 unspecified atom stereocenters. The van der Waals surface area contributed by atoms with Crippen molar-refractivity contribution in [3.05, 3.63) is 40.8 Å². The minimum atomic E-state index is -0.440. The van der Waals surface area contributed by atoms with Gasteiger partial charge >= 0.3 is 0 Å². The van der Waals surface area contributed by atoms with Crippen LogP contribution in [0.1, 0.15) is 37.0 Å². The van der Waals surface area contributed by atoms with E-state index in [1.165, 1.54) is 0 Å². The second-order valence-electron chi connectivity index (χ2n) is 3.65. The molecule has 1 heteroatoms. The molecule has 0 fully saturated rings. The summed E-state index contributed by atoms with van der Waals surface area (Å²) in [6, 6.07) is 5.86. The summed E-state index contributed by atoms with van der Waals surface area (Å²) in [6.45, 7) is 3.45. The van der Waals surface area contributed by atoms with Gasteiger partial charge in [-0.1, -0.05) is 44.4 Å². The lowest BCUT2D eigenvalue weighted by Crippen LogP contribution is -2.03. The Balaban J connectivity index is 3.17. The van der Waals surface area contributed by atoms with Crippen molar-refractivity contribution in [1.29, 1.82) is 0 Å². The number of hydrogen-bond acceptors (Lipinski definition) is 0. The third kappa shape index (κ3) is 2.59. The van der Waals surface area contributed by atoms with Gasteiger partial charge in [-0.05, 0) is 17.5 Å². The SMILES string of the molecule is C#Cc1c(CCC)cccc1[C](C)CF. The van der Waals surface area contributed by atoms with Crippen molar-refractivity contribution in [2.75, 3.05) is 6.67 Å². The molecule has 0 aromatic heterocycles. The zero-order valence-electron chi connectivity index (χ0n) is 9.31. The van der Waals surface area contributed by atoms with Crippen LogP contribution in [0.4, 0.5) is 4.39 Å². The molecule has 1 aromatic rings. The van der Waals surface area contributed by atoms with E-state index in [0.717, 1.165) is 29.5 Å². The first-order valence-electron chi connectivity index (χ1n) is 5.21. The van der Waals surface area contributed by atoms with E-state index in [0.29, 0.717) is 5.92 Å². The molecule has 1 radical (unpaired) electrons. The van der Waals surface area contributed by atoms with Crippen molar-refractivity contribution in [2.24, 2.45) is 0 Å². The molecule has 0 aliphatic heterocycles. The minimum Gasteiger partial charge on any atom is -0.250 e. The summed E-state index contributed by atoms with van der Waals surface area (Å²) < 4.78 is 12.6. The second kappa shape index (κ2) is 5.56. The Kier molecular flexibility index (Phi) is 4.37. The third-order valence-electron chi connectivity index (χ3n) is 2.47. The molecule has 1 rings (SSSR count). The van der Waals surface area contributed by atoms with E-state index in [-0.39, 0.29) is 0 Å². The monoisotopic (exact) mass is 203 g/mol. The average molecular weight is 203 g/mol. The van der Waals surface area contributed by atoms with Crippen molar-refractivity contribution in [3.8, 4) is 12.3 Å². The van der Waals surface area contributed by atoms with Crippen molar-refractivity contribution in [2.45, 2.75) is 26.7 Å². The zero-order chi connectivity index (χ0) is 11.3. The van der Waals surface area contributed by atoms with Crippen LogP contribution in [0.15, 0.2) is 18.2 Å². The molecule has 0 bridgehead atoms. The predicted molar refractivity (Wildman–Crippen MR) is 62.4 cm³/mol. The average Bonchev–Trinajstić information content (AvgIpc) is 2.28. The minimum absolute atomic E-state index is 0.440. The molecular weight excluding hydrogens is 187 g/mol. The molecule has 0 saturated carbocycles. The number of terminal acetylenes is 1. The molecular formula is C14H16F. The van der Waals surface area contributed by atoms with Gasteiger partial charge in [0.15, 0.2) is 0 Å². The first kappa shape index (κ1) is 11.8. The summed E-state index contributed by atoms with van der Waals surface area (Å²) in [5.74, 6) is 3.39. The second-order valence-corrected chi connectivity index (χ2v) is 3.65. The van der Waals surface area contributed by atoms with E-state index < -0.39 is 6.67 Å². The summed E-state index contributed by atoms with van der Waals surface area (Å²) in [5.41, 5.74) is 2.88. The highest BCUT2D eigenvalue weighted by molar-refractivity contribution is 5.51. The molecule has 0 aliphatic carbocycles. The third-order valence-corrected chi connectivity index (χ3v) is 2.47. The highest BCUT2D eigenvalue weighted by Crippen LogP contribution is 2.23. The molecule has 0 amide bonds. The van der Waals surface area contributed by atoms with Gasteiger partial charge in [0.1, 0.15) is 0 Å². The molecule has 0 heterocycles. The summed E-state index contributed by atoms with van der Waals surface area (Å²) >= 11 is 0. The largest absolute Gasteiger partial charge is 0.250 e. The Labute approximate surface area is 91.5 Å². The summed E-state index contributed by atoms with van der Waals surface area (Å²) in [7, 11) is 0. The van der Waals surface area contributed by atoms with Gasteiger partial charge in [0.25, 0.3) is 0 Å². The van der Waals surface area contributed by atoms with Gasteiger partial charge < -0.3 is 0 Å². The van der Waals surface area contributed by atoms with Crippen LogP contribution in [-0.2, 0) is 6.42 Å². The zero-order valence-corrected chi connectivity index (χ0v) is 9.31. The molecule has 0 nitrogen and oxygen atoms in total. The highest BCUT2D eigenvalue weighted by Gasteiger charge is 2.12. The fraction of sp³-hybridized carbons (Fsp3) is 0.357. The van der Waals surface area contributed by atoms with Crippen LogP contribution >= 0.6 is 0 Å². The Morgan fingerprint density at radius 3 is 2.73 bits per heavy atom. The predicted octanol–water partition coefficient (Wildman–Crippen LogP) is 3.53. The Morgan fingerprint density at radius 1 is 1.47 bits per heavy atom. The number of halogens is 1. The van der Waals surface area contributed by atoms with Crippen LogP contribution in [0.3, 0.4) is 0 Å². The van der Waals surface area contributed by atoms with Gasteiger partial charge in [-0.25, -0.2) is 0 Å². The number of alkyl halides is 1. The number of hydrogen-bond donors (Lipinski definition) is 0. The van der Waals surface area contributed by atoms with E-state index >= 15 is 0 Å². The molecule has 0 spiro atoms. The smallest absolute Gasteiger partial charge is 0.0998 e. The Hall–Kier alpha value is -1.29. The van der Waals surface area contributed by atoms with Crippen LogP contribution in [0.2, 0.25) is 0 Å². The van der Waals surface area contributed by atoms with Gasteiger partial charge in [0.2, 0.25) is 0 Å². The van der Waals surface area contributed by atoms with Crippen molar-refractivity contribution < 1.29 is 4.39 Å². The molecule has 79 valence electrons. The fourth-order valence-electron chi connectivity index (χ4n) is 1.68. The maximum atomic E-state index is 12.6. The summed E-state index contributed by atoms with van der Waals surface area (Å²) in [5, 5.41) is 0. The number of aryl methyl sites for hydroxylation is 1. The normalized spacial score (nSPS) is 10.3. The van der Waals surface area contributed by atoms with Crippen LogP contribution in [0, 0.1) is 18.3 Å². The molecule has 1 aromatic carbocycles. The number of benzene rings is 1. The lowest BCUT2D eigenvalue weighted by molar-refractivity contribution is 0.516.